The molecule has 112 valence electrons. The predicted molar refractivity (Wildman–Crippen MR) is 85.9 cm³/mol. The number of nitrogens with zero attached hydrogens (tertiary/aromatic N) is 2. The van der Waals surface area contributed by atoms with Crippen LogP contribution in [0.3, 0.4) is 0 Å². The third kappa shape index (κ3) is 4.54. The van der Waals surface area contributed by atoms with E-state index in [1.807, 2.05) is 48.6 Å². The number of carbonyl (C=O) groups excluding carboxylic acids is 1. The first-order valence-electron chi connectivity index (χ1n) is 6.58. The molecule has 6 heteroatoms. The molecular weight excluding hydrogens is 286 g/mol. The lowest BCUT2D eigenvalue weighted by molar-refractivity contribution is -0.115. The molecule has 21 heavy (non-hydrogen) atoms. The number of benzene rings is 1. The van der Waals surface area contributed by atoms with Gasteiger partial charge in [0.25, 0.3) is 0 Å². The average molecular weight is 305 g/mol. The second-order valence-corrected chi connectivity index (χ2v) is 5.77. The van der Waals surface area contributed by atoms with E-state index in [4.69, 9.17) is 4.74 Å². The maximum absolute atomic E-state index is 12.0. The van der Waals surface area contributed by atoms with Gasteiger partial charge in [-0.3, -0.25) is 4.79 Å². The molecule has 0 saturated heterocycles. The van der Waals surface area contributed by atoms with E-state index in [-0.39, 0.29) is 12.3 Å². The second-order valence-electron chi connectivity index (χ2n) is 4.83. The van der Waals surface area contributed by atoms with E-state index in [0.717, 1.165) is 22.1 Å². The van der Waals surface area contributed by atoms with Crippen LogP contribution in [0.1, 0.15) is 10.7 Å². The molecule has 1 aromatic carbocycles. The molecule has 2 aromatic rings. The Kier molecular flexibility index (Phi) is 5.30. The van der Waals surface area contributed by atoms with Crippen LogP contribution in [0.15, 0.2) is 29.6 Å². The number of methoxy groups -OCH3 is 1. The summed E-state index contributed by atoms with van der Waals surface area (Å²) in [6.45, 7) is 0.484. The van der Waals surface area contributed by atoms with Crippen molar-refractivity contribution < 1.29 is 9.53 Å². The van der Waals surface area contributed by atoms with Crippen LogP contribution in [0.2, 0.25) is 0 Å². The molecular formula is C15H19N3O2S. The Morgan fingerprint density at radius 1 is 1.33 bits per heavy atom. The fourth-order valence-corrected chi connectivity index (χ4v) is 2.60. The van der Waals surface area contributed by atoms with Crippen LogP contribution in [-0.4, -0.2) is 32.1 Å². The largest absolute Gasteiger partial charge is 0.378 e. The molecule has 0 fully saturated rings. The number of thiazole rings is 1. The van der Waals surface area contributed by atoms with Crippen molar-refractivity contribution >= 4 is 28.6 Å². The normalized spacial score (nSPS) is 10.4. The van der Waals surface area contributed by atoms with Crippen molar-refractivity contribution in [2.75, 3.05) is 31.4 Å². The minimum atomic E-state index is -0.0677. The van der Waals surface area contributed by atoms with Crippen LogP contribution in [0.4, 0.5) is 11.4 Å². The predicted octanol–water partition coefficient (Wildman–Crippen LogP) is 2.54. The van der Waals surface area contributed by atoms with Crippen LogP contribution < -0.4 is 10.2 Å². The molecule has 0 atom stereocenters. The smallest absolute Gasteiger partial charge is 0.230 e. The molecule has 0 spiro atoms. The standard InChI is InChI=1S/C15H19N3O2S/c1-18(2)13-6-4-11(5-7-13)16-14(19)8-12-10-21-15(17-12)9-20-3/h4-7,10H,8-9H2,1-3H3,(H,16,19). The Morgan fingerprint density at radius 2 is 2.05 bits per heavy atom. The van der Waals surface area contributed by atoms with Gasteiger partial charge in [0.05, 0.1) is 18.7 Å². The molecule has 0 radical (unpaired) electrons. The van der Waals surface area contributed by atoms with Crippen molar-refractivity contribution in [3.05, 3.63) is 40.3 Å². The van der Waals surface area contributed by atoms with Gasteiger partial charge in [-0.2, -0.15) is 0 Å². The van der Waals surface area contributed by atoms with Crippen molar-refractivity contribution in [1.29, 1.82) is 0 Å². The highest BCUT2D eigenvalue weighted by Gasteiger charge is 2.08. The molecule has 1 heterocycles. The third-order valence-electron chi connectivity index (χ3n) is 2.88. The summed E-state index contributed by atoms with van der Waals surface area (Å²) in [4.78, 5) is 18.3. The van der Waals surface area contributed by atoms with Gasteiger partial charge in [-0.05, 0) is 24.3 Å². The van der Waals surface area contributed by atoms with Crippen LogP contribution >= 0.6 is 11.3 Å². The summed E-state index contributed by atoms with van der Waals surface area (Å²) in [7, 11) is 5.59. The third-order valence-corrected chi connectivity index (χ3v) is 3.75. The lowest BCUT2D eigenvalue weighted by Gasteiger charge is -2.12. The van der Waals surface area contributed by atoms with Crippen LogP contribution in [-0.2, 0) is 22.6 Å². The Balaban J connectivity index is 1.91. The lowest BCUT2D eigenvalue weighted by atomic mass is 10.2. The SMILES string of the molecule is COCc1nc(CC(=O)Nc2ccc(N(C)C)cc2)cs1. The molecule has 2 rings (SSSR count). The topological polar surface area (TPSA) is 54.5 Å². The van der Waals surface area contributed by atoms with E-state index in [1.165, 1.54) is 11.3 Å². The van der Waals surface area contributed by atoms with Crippen molar-refractivity contribution in [3.8, 4) is 0 Å². The Hall–Kier alpha value is -1.92. The fourth-order valence-electron chi connectivity index (χ4n) is 1.83. The zero-order chi connectivity index (χ0) is 15.2. The maximum atomic E-state index is 12.0. The summed E-state index contributed by atoms with van der Waals surface area (Å²) in [6.07, 6.45) is 0.273. The number of hydrogen-bond donors (Lipinski definition) is 1. The van der Waals surface area contributed by atoms with Crippen molar-refractivity contribution in [3.63, 3.8) is 0 Å². The number of nitrogens with one attached hydrogen (secondary N) is 1. The molecule has 0 aliphatic carbocycles. The van der Waals surface area contributed by atoms with Gasteiger partial charge in [-0.15, -0.1) is 11.3 Å². The maximum Gasteiger partial charge on any atom is 0.230 e. The van der Waals surface area contributed by atoms with E-state index < -0.39 is 0 Å². The minimum absolute atomic E-state index is 0.0677. The van der Waals surface area contributed by atoms with Gasteiger partial charge in [-0.25, -0.2) is 4.98 Å². The lowest BCUT2D eigenvalue weighted by Crippen LogP contribution is -2.15. The number of hydrogen-bond acceptors (Lipinski definition) is 5. The summed E-state index contributed by atoms with van der Waals surface area (Å²) in [6, 6.07) is 7.72. The van der Waals surface area contributed by atoms with Gasteiger partial charge in [0.1, 0.15) is 5.01 Å². The molecule has 0 aliphatic heterocycles. The molecule has 0 saturated carbocycles. The van der Waals surface area contributed by atoms with E-state index in [9.17, 15) is 4.79 Å². The second kappa shape index (κ2) is 7.19. The highest BCUT2D eigenvalue weighted by atomic mass is 32.1. The van der Waals surface area contributed by atoms with E-state index >= 15 is 0 Å². The molecule has 5 nitrogen and oxygen atoms in total. The molecule has 1 aromatic heterocycles. The summed E-state index contributed by atoms with van der Waals surface area (Å²) in [5, 5.41) is 5.65. The summed E-state index contributed by atoms with van der Waals surface area (Å²) < 4.78 is 5.02. The van der Waals surface area contributed by atoms with E-state index in [2.05, 4.69) is 10.3 Å². The van der Waals surface area contributed by atoms with Crippen LogP contribution in [0.5, 0.6) is 0 Å². The minimum Gasteiger partial charge on any atom is -0.378 e. The van der Waals surface area contributed by atoms with Gasteiger partial charge >= 0.3 is 0 Å². The zero-order valence-electron chi connectivity index (χ0n) is 12.4. The summed E-state index contributed by atoms with van der Waals surface area (Å²) >= 11 is 1.51. The number of rotatable bonds is 6. The van der Waals surface area contributed by atoms with E-state index in [0.29, 0.717) is 6.61 Å². The first-order chi connectivity index (χ1) is 10.1. The highest BCUT2D eigenvalue weighted by Crippen LogP contribution is 2.16. The fraction of sp³-hybridized carbons (Fsp3) is 0.333. The number of aromatic nitrogens is 1. The van der Waals surface area contributed by atoms with E-state index in [1.54, 1.807) is 7.11 Å². The van der Waals surface area contributed by atoms with Gasteiger partial charge in [0, 0.05) is 38.0 Å². The number of amides is 1. The Morgan fingerprint density at radius 3 is 2.67 bits per heavy atom. The zero-order valence-corrected chi connectivity index (χ0v) is 13.2. The highest BCUT2D eigenvalue weighted by molar-refractivity contribution is 7.09. The molecule has 0 bridgehead atoms. The van der Waals surface area contributed by atoms with Crippen molar-refractivity contribution in [2.24, 2.45) is 0 Å². The van der Waals surface area contributed by atoms with Gasteiger partial charge in [0.15, 0.2) is 0 Å². The number of anilines is 2. The summed E-state index contributed by atoms with van der Waals surface area (Å²) in [5.74, 6) is -0.0677. The number of carbonyl (C=O) groups is 1. The molecule has 0 unspecified atom stereocenters. The summed E-state index contributed by atoms with van der Waals surface area (Å²) in [5.41, 5.74) is 2.66. The quantitative estimate of drug-likeness (QED) is 0.891. The van der Waals surface area contributed by atoms with Gasteiger partial charge < -0.3 is 15.0 Å². The first kappa shape index (κ1) is 15.5. The van der Waals surface area contributed by atoms with Gasteiger partial charge in [-0.1, -0.05) is 0 Å². The molecule has 0 aliphatic rings. The van der Waals surface area contributed by atoms with Crippen molar-refractivity contribution in [1.82, 2.24) is 4.98 Å². The Bertz CT molecular complexity index is 593. The number of ether oxygens (including phenoxy) is 1. The van der Waals surface area contributed by atoms with Crippen LogP contribution in [0.25, 0.3) is 0 Å². The Labute approximate surface area is 128 Å². The van der Waals surface area contributed by atoms with Crippen molar-refractivity contribution in [2.45, 2.75) is 13.0 Å². The monoisotopic (exact) mass is 305 g/mol. The molecule has 1 amide bonds. The first-order valence-corrected chi connectivity index (χ1v) is 7.46. The van der Waals surface area contributed by atoms with Gasteiger partial charge in [0.2, 0.25) is 5.91 Å². The molecule has 1 N–H and O–H groups in total. The van der Waals surface area contributed by atoms with Crippen LogP contribution in [0, 0.1) is 0 Å². The average Bonchev–Trinajstić information content (AvgIpc) is 2.87.